The van der Waals surface area contributed by atoms with Gasteiger partial charge in [-0.1, -0.05) is 94.8 Å². The molecule has 3 atom stereocenters. The Balaban J connectivity index is 1.68. The summed E-state index contributed by atoms with van der Waals surface area (Å²) >= 11 is 3.77. The summed E-state index contributed by atoms with van der Waals surface area (Å²) in [5.74, 6) is 1.04. The zero-order valence-electron chi connectivity index (χ0n) is 14.4. The fraction of sp³-hybridized carbons (Fsp3) is 0.167. The van der Waals surface area contributed by atoms with E-state index in [2.05, 4.69) is 106 Å². The van der Waals surface area contributed by atoms with E-state index in [1.807, 2.05) is 0 Å². The van der Waals surface area contributed by atoms with Crippen LogP contribution in [0.4, 0.5) is 5.69 Å². The van der Waals surface area contributed by atoms with Crippen LogP contribution in [0.25, 0.3) is 11.1 Å². The van der Waals surface area contributed by atoms with Crippen LogP contribution in [-0.4, -0.2) is 0 Å². The smallest absolute Gasteiger partial charge is 0.0565 e. The molecule has 0 radical (unpaired) electrons. The predicted octanol–water partition coefficient (Wildman–Crippen LogP) is 6.94. The Morgan fingerprint density at radius 1 is 0.808 bits per heavy atom. The standard InChI is InChI=1S/C24H20BrN/c25-22-15-5-4-10-21(22)24-20-14-7-12-18(20)19-13-6-11-17(23(19)26-24)16-8-2-1-3-9-16/h1-13,15,18,20,24,26H,14H2/t18-,20+,24-/m1/s1. The summed E-state index contributed by atoms with van der Waals surface area (Å²) in [7, 11) is 0. The molecule has 0 saturated carbocycles. The Labute approximate surface area is 162 Å². The van der Waals surface area contributed by atoms with Crippen molar-refractivity contribution < 1.29 is 0 Å². The van der Waals surface area contributed by atoms with Crippen molar-refractivity contribution in [2.45, 2.75) is 18.4 Å². The Bertz CT molecular complexity index is 977. The number of anilines is 1. The average Bonchev–Trinajstić information content (AvgIpc) is 3.18. The van der Waals surface area contributed by atoms with Crippen LogP contribution >= 0.6 is 15.9 Å². The van der Waals surface area contributed by atoms with Crippen LogP contribution in [-0.2, 0) is 0 Å². The van der Waals surface area contributed by atoms with E-state index in [1.165, 1.54) is 32.4 Å². The van der Waals surface area contributed by atoms with Crippen molar-refractivity contribution in [1.82, 2.24) is 0 Å². The van der Waals surface area contributed by atoms with Crippen molar-refractivity contribution in [3.63, 3.8) is 0 Å². The lowest BCUT2D eigenvalue weighted by molar-refractivity contribution is 0.425. The molecule has 26 heavy (non-hydrogen) atoms. The summed E-state index contributed by atoms with van der Waals surface area (Å²) in [5.41, 5.74) is 6.61. The Morgan fingerprint density at radius 2 is 1.58 bits per heavy atom. The minimum atomic E-state index is 0.308. The summed E-state index contributed by atoms with van der Waals surface area (Å²) in [5, 5.41) is 3.92. The lowest BCUT2D eigenvalue weighted by atomic mass is 9.76. The van der Waals surface area contributed by atoms with Gasteiger partial charge in [0.25, 0.3) is 0 Å². The molecular weight excluding hydrogens is 382 g/mol. The molecule has 3 aromatic rings. The first-order chi connectivity index (χ1) is 12.8. The van der Waals surface area contributed by atoms with Gasteiger partial charge in [-0.2, -0.15) is 0 Å². The Hall–Kier alpha value is -2.32. The van der Waals surface area contributed by atoms with E-state index in [9.17, 15) is 0 Å². The van der Waals surface area contributed by atoms with E-state index in [4.69, 9.17) is 0 Å². The van der Waals surface area contributed by atoms with Crippen molar-refractivity contribution in [3.8, 4) is 11.1 Å². The van der Waals surface area contributed by atoms with Gasteiger partial charge in [-0.05, 0) is 35.1 Å². The maximum atomic E-state index is 3.92. The third-order valence-electron chi connectivity index (χ3n) is 5.72. The summed E-state index contributed by atoms with van der Waals surface area (Å²) in [6.45, 7) is 0. The van der Waals surface area contributed by atoms with Gasteiger partial charge < -0.3 is 5.32 Å². The van der Waals surface area contributed by atoms with Gasteiger partial charge in [0.05, 0.1) is 6.04 Å². The van der Waals surface area contributed by atoms with E-state index in [0.29, 0.717) is 17.9 Å². The fourth-order valence-electron chi connectivity index (χ4n) is 4.51. The van der Waals surface area contributed by atoms with Crippen LogP contribution in [0.5, 0.6) is 0 Å². The van der Waals surface area contributed by atoms with Crippen molar-refractivity contribution >= 4 is 21.6 Å². The molecule has 0 aromatic heterocycles. The Kier molecular flexibility index (Phi) is 3.94. The van der Waals surface area contributed by atoms with Crippen LogP contribution in [0.15, 0.2) is 89.4 Å². The normalized spacial score (nSPS) is 23.2. The largest absolute Gasteiger partial charge is 0.377 e. The zero-order chi connectivity index (χ0) is 17.5. The number of fused-ring (bicyclic) bond motifs is 3. The third-order valence-corrected chi connectivity index (χ3v) is 6.44. The number of hydrogen-bond acceptors (Lipinski definition) is 1. The van der Waals surface area contributed by atoms with Gasteiger partial charge in [-0.3, -0.25) is 0 Å². The number of nitrogens with one attached hydrogen (secondary N) is 1. The Morgan fingerprint density at radius 3 is 2.42 bits per heavy atom. The monoisotopic (exact) mass is 401 g/mol. The van der Waals surface area contributed by atoms with Crippen molar-refractivity contribution in [1.29, 1.82) is 0 Å². The van der Waals surface area contributed by atoms with Crippen molar-refractivity contribution in [2.24, 2.45) is 5.92 Å². The molecule has 1 heterocycles. The summed E-state index contributed by atoms with van der Waals surface area (Å²) < 4.78 is 1.18. The molecule has 0 saturated heterocycles. The summed E-state index contributed by atoms with van der Waals surface area (Å²) in [4.78, 5) is 0. The minimum absolute atomic E-state index is 0.308. The zero-order valence-corrected chi connectivity index (χ0v) is 16.0. The highest BCUT2D eigenvalue weighted by atomic mass is 79.9. The third kappa shape index (κ3) is 2.52. The van der Waals surface area contributed by atoms with Crippen LogP contribution < -0.4 is 5.32 Å². The maximum absolute atomic E-state index is 3.92. The molecule has 2 heteroatoms. The van der Waals surface area contributed by atoms with Gasteiger partial charge in [-0.25, -0.2) is 0 Å². The van der Waals surface area contributed by atoms with E-state index >= 15 is 0 Å². The van der Waals surface area contributed by atoms with E-state index in [0.717, 1.165) is 6.42 Å². The molecule has 1 nitrogen and oxygen atoms in total. The number of allylic oxidation sites excluding steroid dienone is 2. The molecule has 1 aliphatic heterocycles. The second-order valence-electron chi connectivity index (χ2n) is 7.13. The van der Waals surface area contributed by atoms with Gasteiger partial charge in [0.1, 0.15) is 0 Å². The lowest BCUT2D eigenvalue weighted by Crippen LogP contribution is -2.29. The molecule has 1 N–H and O–H groups in total. The first kappa shape index (κ1) is 15.9. The number of rotatable bonds is 2. The first-order valence-corrected chi connectivity index (χ1v) is 9.98. The quantitative estimate of drug-likeness (QED) is 0.458. The van der Waals surface area contributed by atoms with Crippen LogP contribution in [0.1, 0.15) is 29.5 Å². The van der Waals surface area contributed by atoms with Gasteiger partial charge >= 0.3 is 0 Å². The molecule has 0 amide bonds. The highest BCUT2D eigenvalue weighted by Crippen LogP contribution is 2.52. The first-order valence-electron chi connectivity index (χ1n) is 9.19. The number of para-hydroxylation sites is 1. The predicted molar refractivity (Wildman–Crippen MR) is 112 cm³/mol. The molecule has 0 bridgehead atoms. The van der Waals surface area contributed by atoms with Gasteiger partial charge in [0.2, 0.25) is 0 Å². The fourth-order valence-corrected chi connectivity index (χ4v) is 5.05. The molecule has 3 aromatic carbocycles. The van der Waals surface area contributed by atoms with Crippen molar-refractivity contribution in [2.75, 3.05) is 5.32 Å². The van der Waals surface area contributed by atoms with Gasteiger partial charge in [0, 0.05) is 21.6 Å². The molecule has 5 rings (SSSR count). The number of hydrogen-bond donors (Lipinski definition) is 1. The van der Waals surface area contributed by atoms with E-state index in [1.54, 1.807) is 0 Å². The molecule has 0 spiro atoms. The summed E-state index contributed by atoms with van der Waals surface area (Å²) in [6.07, 6.45) is 5.88. The summed E-state index contributed by atoms with van der Waals surface area (Å²) in [6, 6.07) is 26.3. The lowest BCUT2D eigenvalue weighted by Gasteiger charge is -2.39. The molecule has 128 valence electrons. The topological polar surface area (TPSA) is 12.0 Å². The van der Waals surface area contributed by atoms with Gasteiger partial charge in [-0.15, -0.1) is 0 Å². The highest BCUT2D eigenvalue weighted by molar-refractivity contribution is 9.10. The average molecular weight is 402 g/mol. The molecule has 2 aliphatic rings. The van der Waals surface area contributed by atoms with Crippen LogP contribution in [0.3, 0.4) is 0 Å². The minimum Gasteiger partial charge on any atom is -0.377 e. The second-order valence-corrected chi connectivity index (χ2v) is 7.99. The molecular formula is C24H20BrN. The van der Waals surface area contributed by atoms with E-state index < -0.39 is 0 Å². The highest BCUT2D eigenvalue weighted by Gasteiger charge is 2.39. The van der Waals surface area contributed by atoms with Crippen LogP contribution in [0.2, 0.25) is 0 Å². The maximum Gasteiger partial charge on any atom is 0.0565 e. The number of benzene rings is 3. The van der Waals surface area contributed by atoms with E-state index in [-0.39, 0.29) is 0 Å². The van der Waals surface area contributed by atoms with Gasteiger partial charge in [0.15, 0.2) is 0 Å². The number of halogens is 1. The van der Waals surface area contributed by atoms with Crippen molar-refractivity contribution in [3.05, 3.63) is 101 Å². The molecule has 0 unspecified atom stereocenters. The van der Waals surface area contributed by atoms with Crippen LogP contribution in [0, 0.1) is 5.92 Å². The SMILES string of the molecule is Brc1ccccc1[C@@H]1Nc2c(-c3ccccc3)cccc2[C@H]2C=CC[C@@H]21. The molecule has 0 fully saturated rings. The second kappa shape index (κ2) is 6.44. The molecule has 1 aliphatic carbocycles.